The Morgan fingerprint density at radius 1 is 1.16 bits per heavy atom. The Hall–Kier alpha value is -1.55. The van der Waals surface area contributed by atoms with E-state index in [9.17, 15) is 13.2 Å². The van der Waals surface area contributed by atoms with Gasteiger partial charge >= 0.3 is 0 Å². The summed E-state index contributed by atoms with van der Waals surface area (Å²) in [6, 6.07) is 3.17. The van der Waals surface area contributed by atoms with Crippen molar-refractivity contribution >= 4 is 33.2 Å². The summed E-state index contributed by atoms with van der Waals surface area (Å²) in [7, 11) is -0.213. The highest BCUT2D eigenvalue weighted by atomic mass is 35.5. The Kier molecular flexibility index (Phi) is 6.50. The van der Waals surface area contributed by atoms with Gasteiger partial charge < -0.3 is 14.8 Å². The Balaban J connectivity index is 1.97. The van der Waals surface area contributed by atoms with Gasteiger partial charge in [0.15, 0.2) is 0 Å². The van der Waals surface area contributed by atoms with Crippen LogP contribution in [0, 0.1) is 0 Å². The maximum absolute atomic E-state index is 12.3. The van der Waals surface area contributed by atoms with E-state index in [1.165, 1.54) is 24.8 Å². The molecule has 1 fully saturated rings. The number of hydrogen-bond donors (Lipinski definition) is 1. The lowest BCUT2D eigenvalue weighted by Crippen LogP contribution is -2.50. The third-order valence-corrected chi connectivity index (χ3v) is 5.51. The number of sulfonamides is 1. The van der Waals surface area contributed by atoms with Gasteiger partial charge in [0.2, 0.25) is 15.9 Å². The van der Waals surface area contributed by atoms with Crippen molar-refractivity contribution in [1.29, 1.82) is 0 Å². The van der Waals surface area contributed by atoms with Crippen LogP contribution >= 0.6 is 11.6 Å². The molecule has 0 bridgehead atoms. The number of nitrogens with zero attached hydrogens (tertiary/aromatic N) is 2. The van der Waals surface area contributed by atoms with Gasteiger partial charge in [0.25, 0.3) is 0 Å². The number of ether oxygens (including phenoxy) is 2. The minimum Gasteiger partial charge on any atom is -0.495 e. The van der Waals surface area contributed by atoms with Crippen molar-refractivity contribution in [2.45, 2.75) is 0 Å². The fraction of sp³-hybridized carbons (Fsp3) is 0.533. The molecule has 1 N–H and O–H groups in total. The van der Waals surface area contributed by atoms with Gasteiger partial charge in [-0.15, -0.1) is 0 Å². The van der Waals surface area contributed by atoms with E-state index in [4.69, 9.17) is 21.1 Å². The monoisotopic (exact) mass is 391 g/mol. The predicted molar refractivity (Wildman–Crippen MR) is 96.0 cm³/mol. The molecule has 1 aliphatic rings. The largest absolute Gasteiger partial charge is 0.495 e. The van der Waals surface area contributed by atoms with Crippen molar-refractivity contribution in [1.82, 2.24) is 9.21 Å². The first kappa shape index (κ1) is 19.8. The van der Waals surface area contributed by atoms with Gasteiger partial charge in [-0.3, -0.25) is 9.69 Å². The average Bonchev–Trinajstić information content (AvgIpc) is 2.55. The van der Waals surface area contributed by atoms with Gasteiger partial charge in [0.1, 0.15) is 11.5 Å². The van der Waals surface area contributed by atoms with E-state index in [1.54, 1.807) is 12.1 Å². The second-order valence-corrected chi connectivity index (χ2v) is 8.06. The SMILES string of the molecule is COc1cc(NC(=O)CN2CCN(S(C)(=O)=O)CC2)c(OC)cc1Cl. The highest BCUT2D eigenvalue weighted by Gasteiger charge is 2.24. The van der Waals surface area contributed by atoms with Crippen LogP contribution in [0.2, 0.25) is 5.02 Å². The molecule has 0 radical (unpaired) electrons. The molecule has 8 nitrogen and oxygen atoms in total. The Bertz CT molecular complexity index is 733. The van der Waals surface area contributed by atoms with Crippen LogP contribution in [0.25, 0.3) is 0 Å². The summed E-state index contributed by atoms with van der Waals surface area (Å²) in [6.45, 7) is 1.92. The van der Waals surface area contributed by atoms with Gasteiger partial charge in [0, 0.05) is 38.3 Å². The zero-order valence-corrected chi connectivity index (χ0v) is 16.0. The van der Waals surface area contributed by atoms with E-state index in [-0.39, 0.29) is 12.5 Å². The van der Waals surface area contributed by atoms with Crippen LogP contribution < -0.4 is 14.8 Å². The molecule has 1 aromatic rings. The quantitative estimate of drug-likeness (QED) is 0.774. The number of benzene rings is 1. The van der Waals surface area contributed by atoms with E-state index >= 15 is 0 Å². The Labute approximate surface area is 152 Å². The first-order valence-electron chi connectivity index (χ1n) is 7.63. The van der Waals surface area contributed by atoms with Crippen LogP contribution in [-0.4, -0.2) is 76.7 Å². The third-order valence-electron chi connectivity index (χ3n) is 3.92. The molecule has 0 atom stereocenters. The molecular formula is C15H22ClN3O5S. The van der Waals surface area contributed by atoms with E-state index in [1.807, 2.05) is 4.90 Å². The van der Waals surface area contributed by atoms with Gasteiger partial charge in [-0.25, -0.2) is 8.42 Å². The van der Waals surface area contributed by atoms with Crippen LogP contribution in [0.5, 0.6) is 11.5 Å². The standard InChI is InChI=1S/C15H22ClN3O5S/c1-23-13-9-12(14(24-2)8-11(13)16)17-15(20)10-18-4-6-19(7-5-18)25(3,21)22/h8-9H,4-7,10H2,1-3H3,(H,17,20). The summed E-state index contributed by atoms with van der Waals surface area (Å²) in [4.78, 5) is 14.2. The molecule has 1 saturated heterocycles. The Morgan fingerprint density at radius 2 is 1.76 bits per heavy atom. The number of piperazine rings is 1. The molecule has 0 unspecified atom stereocenters. The second kappa shape index (κ2) is 8.22. The fourth-order valence-electron chi connectivity index (χ4n) is 2.57. The minimum atomic E-state index is -3.18. The molecule has 0 spiro atoms. The number of carbonyl (C=O) groups is 1. The van der Waals surface area contributed by atoms with Gasteiger partial charge in [-0.2, -0.15) is 4.31 Å². The van der Waals surface area contributed by atoms with Crippen molar-refractivity contribution in [2.75, 3.05) is 58.5 Å². The van der Waals surface area contributed by atoms with Crippen molar-refractivity contribution in [2.24, 2.45) is 0 Å². The first-order valence-corrected chi connectivity index (χ1v) is 9.86. The van der Waals surface area contributed by atoms with E-state index in [2.05, 4.69) is 5.32 Å². The second-order valence-electron chi connectivity index (χ2n) is 5.67. The maximum Gasteiger partial charge on any atom is 0.238 e. The molecule has 1 aliphatic heterocycles. The summed E-state index contributed by atoms with van der Waals surface area (Å²) in [5.41, 5.74) is 0.462. The number of anilines is 1. The van der Waals surface area contributed by atoms with Crippen LogP contribution in [0.15, 0.2) is 12.1 Å². The normalized spacial score (nSPS) is 16.5. The van der Waals surface area contributed by atoms with Crippen LogP contribution in [0.1, 0.15) is 0 Å². The summed E-state index contributed by atoms with van der Waals surface area (Å²) in [6.07, 6.45) is 1.19. The average molecular weight is 392 g/mol. The van der Waals surface area contributed by atoms with Crippen molar-refractivity contribution in [3.05, 3.63) is 17.2 Å². The summed E-state index contributed by atoms with van der Waals surface area (Å²) in [5, 5.41) is 3.16. The number of hydrogen-bond acceptors (Lipinski definition) is 6. The molecule has 25 heavy (non-hydrogen) atoms. The van der Waals surface area contributed by atoms with Crippen LogP contribution in [-0.2, 0) is 14.8 Å². The number of halogens is 1. The minimum absolute atomic E-state index is 0.158. The topological polar surface area (TPSA) is 88.2 Å². The number of rotatable bonds is 6. The van der Waals surface area contributed by atoms with Gasteiger partial charge in [0.05, 0.1) is 37.7 Å². The highest BCUT2D eigenvalue weighted by Crippen LogP contribution is 2.35. The number of methoxy groups -OCH3 is 2. The summed E-state index contributed by atoms with van der Waals surface area (Å²) < 4.78 is 34.8. The highest BCUT2D eigenvalue weighted by molar-refractivity contribution is 7.88. The molecule has 0 aliphatic carbocycles. The van der Waals surface area contributed by atoms with Crippen LogP contribution in [0.3, 0.4) is 0 Å². The molecule has 0 saturated carbocycles. The first-order chi connectivity index (χ1) is 11.7. The van der Waals surface area contributed by atoms with E-state index < -0.39 is 10.0 Å². The van der Waals surface area contributed by atoms with Gasteiger partial charge in [-0.05, 0) is 0 Å². The lowest BCUT2D eigenvalue weighted by molar-refractivity contribution is -0.117. The van der Waals surface area contributed by atoms with Crippen LogP contribution in [0.4, 0.5) is 5.69 Å². The summed E-state index contributed by atoms with van der Waals surface area (Å²) in [5.74, 6) is 0.635. The molecule has 10 heteroatoms. The van der Waals surface area contributed by atoms with Crippen molar-refractivity contribution in [3.8, 4) is 11.5 Å². The molecule has 1 aromatic carbocycles. The zero-order valence-electron chi connectivity index (χ0n) is 14.4. The number of carbonyl (C=O) groups excluding carboxylic acids is 1. The molecule has 1 heterocycles. The van der Waals surface area contributed by atoms with Crippen molar-refractivity contribution in [3.63, 3.8) is 0 Å². The summed E-state index contributed by atoms with van der Waals surface area (Å²) >= 11 is 6.04. The maximum atomic E-state index is 12.3. The molecule has 140 valence electrons. The molecule has 0 aromatic heterocycles. The van der Waals surface area contributed by atoms with Gasteiger partial charge in [-0.1, -0.05) is 11.6 Å². The molecule has 1 amide bonds. The number of amides is 1. The lowest BCUT2D eigenvalue weighted by atomic mass is 10.2. The van der Waals surface area contributed by atoms with Crippen molar-refractivity contribution < 1.29 is 22.7 Å². The smallest absolute Gasteiger partial charge is 0.238 e. The van der Waals surface area contributed by atoms with E-state index in [0.29, 0.717) is 48.4 Å². The molecule has 2 rings (SSSR count). The number of nitrogens with one attached hydrogen (secondary N) is 1. The lowest BCUT2D eigenvalue weighted by Gasteiger charge is -2.32. The Morgan fingerprint density at radius 3 is 2.28 bits per heavy atom. The predicted octanol–water partition coefficient (Wildman–Crippen LogP) is 0.873. The van der Waals surface area contributed by atoms with E-state index in [0.717, 1.165) is 0 Å². The molecular weight excluding hydrogens is 370 g/mol. The zero-order chi connectivity index (χ0) is 18.6. The fourth-order valence-corrected chi connectivity index (χ4v) is 3.63. The third kappa shape index (κ3) is 5.21.